The number of nitrogens with one attached hydrogen (secondary N) is 1. The van der Waals surface area contributed by atoms with Crippen LogP contribution in [-0.2, 0) is 0 Å². The van der Waals surface area contributed by atoms with E-state index in [1.807, 2.05) is 6.07 Å². The third-order valence-corrected chi connectivity index (χ3v) is 3.27. The topological polar surface area (TPSA) is 21.3 Å². The maximum absolute atomic E-state index is 5.80. The van der Waals surface area contributed by atoms with Crippen LogP contribution in [0.3, 0.4) is 0 Å². The number of ether oxygens (including phenoxy) is 1. The van der Waals surface area contributed by atoms with E-state index in [9.17, 15) is 0 Å². The van der Waals surface area contributed by atoms with E-state index >= 15 is 0 Å². The van der Waals surface area contributed by atoms with Crippen molar-refractivity contribution < 1.29 is 4.74 Å². The van der Waals surface area contributed by atoms with Gasteiger partial charge in [-0.3, -0.25) is 0 Å². The van der Waals surface area contributed by atoms with Gasteiger partial charge in [0.2, 0.25) is 0 Å². The largest absolute Gasteiger partial charge is 0.491 e. The predicted octanol–water partition coefficient (Wildman–Crippen LogP) is 4.95. The summed E-state index contributed by atoms with van der Waals surface area (Å²) in [6.45, 7) is 14.2. The zero-order valence-electron chi connectivity index (χ0n) is 14.0. The van der Waals surface area contributed by atoms with Crippen LogP contribution in [0.2, 0.25) is 0 Å². The van der Waals surface area contributed by atoms with Crippen molar-refractivity contribution in [3.05, 3.63) is 29.8 Å². The minimum Gasteiger partial charge on any atom is -0.491 e. The summed E-state index contributed by atoms with van der Waals surface area (Å²) < 4.78 is 5.80. The van der Waals surface area contributed by atoms with Crippen molar-refractivity contribution in [3.8, 4) is 5.75 Å². The Morgan fingerprint density at radius 2 is 1.90 bits per heavy atom. The van der Waals surface area contributed by atoms with Crippen molar-refractivity contribution in [2.75, 3.05) is 6.54 Å². The monoisotopic (exact) mass is 277 g/mol. The van der Waals surface area contributed by atoms with Gasteiger partial charge in [-0.25, -0.2) is 0 Å². The van der Waals surface area contributed by atoms with E-state index in [1.165, 1.54) is 12.0 Å². The van der Waals surface area contributed by atoms with E-state index in [0.29, 0.717) is 11.5 Å². The molecule has 0 aliphatic rings. The Balaban J connectivity index is 2.80. The number of benzene rings is 1. The first-order valence-electron chi connectivity index (χ1n) is 7.82. The fourth-order valence-corrected chi connectivity index (χ4v) is 2.29. The van der Waals surface area contributed by atoms with Gasteiger partial charge < -0.3 is 10.1 Å². The fourth-order valence-electron chi connectivity index (χ4n) is 2.29. The molecule has 0 aliphatic heterocycles. The summed E-state index contributed by atoms with van der Waals surface area (Å²) in [7, 11) is 0. The molecule has 1 aromatic rings. The molecule has 0 bridgehead atoms. The summed E-state index contributed by atoms with van der Waals surface area (Å²) in [4.78, 5) is 0. The molecule has 1 aromatic carbocycles. The van der Waals surface area contributed by atoms with Crippen molar-refractivity contribution in [1.82, 2.24) is 5.32 Å². The van der Waals surface area contributed by atoms with Crippen LogP contribution >= 0.6 is 0 Å². The molecule has 2 nitrogen and oxygen atoms in total. The van der Waals surface area contributed by atoms with Gasteiger partial charge in [0, 0.05) is 6.04 Å². The van der Waals surface area contributed by atoms with Gasteiger partial charge in [-0.2, -0.15) is 0 Å². The highest BCUT2D eigenvalue weighted by molar-refractivity contribution is 5.30. The lowest BCUT2D eigenvalue weighted by atomic mass is 9.87. The Bertz CT molecular complexity index is 393. The smallest absolute Gasteiger partial charge is 0.120 e. The van der Waals surface area contributed by atoms with Crippen LogP contribution < -0.4 is 10.1 Å². The van der Waals surface area contributed by atoms with Crippen molar-refractivity contribution in [1.29, 1.82) is 0 Å². The zero-order valence-corrected chi connectivity index (χ0v) is 14.0. The lowest BCUT2D eigenvalue weighted by Crippen LogP contribution is -2.22. The van der Waals surface area contributed by atoms with Crippen molar-refractivity contribution >= 4 is 0 Å². The van der Waals surface area contributed by atoms with E-state index in [1.54, 1.807) is 0 Å². The highest BCUT2D eigenvalue weighted by atomic mass is 16.5. The van der Waals surface area contributed by atoms with E-state index in [4.69, 9.17) is 4.74 Å². The van der Waals surface area contributed by atoms with Crippen LogP contribution in [-0.4, -0.2) is 12.6 Å². The first-order valence-corrected chi connectivity index (χ1v) is 7.82. The number of hydrogen-bond donors (Lipinski definition) is 1. The molecule has 0 spiro atoms. The van der Waals surface area contributed by atoms with Crippen LogP contribution in [0.4, 0.5) is 0 Å². The third-order valence-electron chi connectivity index (χ3n) is 3.27. The molecule has 0 fully saturated rings. The molecular formula is C18H31NO. The van der Waals surface area contributed by atoms with E-state index in [2.05, 4.69) is 65.1 Å². The van der Waals surface area contributed by atoms with Gasteiger partial charge in [0.15, 0.2) is 0 Å². The van der Waals surface area contributed by atoms with Crippen molar-refractivity contribution in [3.63, 3.8) is 0 Å². The summed E-state index contributed by atoms with van der Waals surface area (Å²) in [5.41, 5.74) is 1.70. The molecule has 114 valence electrons. The average molecular weight is 277 g/mol. The zero-order chi connectivity index (χ0) is 15.2. The van der Waals surface area contributed by atoms with E-state index in [-0.39, 0.29) is 6.10 Å². The Morgan fingerprint density at radius 1 is 1.20 bits per heavy atom. The Kier molecular flexibility index (Phi) is 6.54. The molecule has 1 unspecified atom stereocenters. The minimum atomic E-state index is 0.220. The SMILES string of the molecule is CCNC(CCC(C)(C)C)c1cccc(OC(C)C)c1. The molecule has 0 saturated carbocycles. The van der Waals surface area contributed by atoms with Crippen molar-refractivity contribution in [2.45, 2.75) is 66.5 Å². The molecule has 0 heterocycles. The normalized spacial score (nSPS) is 13.6. The molecule has 0 aliphatic carbocycles. The highest BCUT2D eigenvalue weighted by Gasteiger charge is 2.16. The van der Waals surface area contributed by atoms with Crippen LogP contribution in [0.25, 0.3) is 0 Å². The second-order valence-electron chi connectivity index (χ2n) is 6.95. The Hall–Kier alpha value is -1.02. The minimum absolute atomic E-state index is 0.220. The molecule has 1 N–H and O–H groups in total. The Labute approximate surface area is 124 Å². The van der Waals surface area contributed by atoms with Gasteiger partial charge >= 0.3 is 0 Å². The van der Waals surface area contributed by atoms with E-state index in [0.717, 1.165) is 18.7 Å². The molecule has 0 radical (unpaired) electrons. The van der Waals surface area contributed by atoms with Gasteiger partial charge in [-0.15, -0.1) is 0 Å². The molecule has 2 heteroatoms. The van der Waals surface area contributed by atoms with Gasteiger partial charge in [0.05, 0.1) is 6.10 Å². The van der Waals surface area contributed by atoms with Gasteiger partial charge in [-0.1, -0.05) is 39.8 Å². The quantitative estimate of drug-likeness (QED) is 0.761. The first-order chi connectivity index (χ1) is 9.31. The molecule has 1 rings (SSSR count). The van der Waals surface area contributed by atoms with Gasteiger partial charge in [0.1, 0.15) is 5.75 Å². The number of hydrogen-bond acceptors (Lipinski definition) is 2. The molecule has 0 amide bonds. The summed E-state index contributed by atoms with van der Waals surface area (Å²) in [5.74, 6) is 0.969. The second-order valence-corrected chi connectivity index (χ2v) is 6.95. The molecule has 20 heavy (non-hydrogen) atoms. The summed E-state index contributed by atoms with van der Waals surface area (Å²) in [6.07, 6.45) is 2.58. The predicted molar refractivity (Wildman–Crippen MR) is 87.3 cm³/mol. The average Bonchev–Trinajstić information content (AvgIpc) is 2.33. The molecule has 0 aromatic heterocycles. The third kappa shape index (κ3) is 6.42. The van der Waals surface area contributed by atoms with Crippen LogP contribution in [0, 0.1) is 5.41 Å². The lowest BCUT2D eigenvalue weighted by Gasteiger charge is -2.24. The molecular weight excluding hydrogens is 246 g/mol. The molecule has 0 saturated heterocycles. The first kappa shape index (κ1) is 17.0. The van der Waals surface area contributed by atoms with Crippen LogP contribution in [0.5, 0.6) is 5.75 Å². The van der Waals surface area contributed by atoms with Crippen LogP contribution in [0.15, 0.2) is 24.3 Å². The Morgan fingerprint density at radius 3 is 2.45 bits per heavy atom. The van der Waals surface area contributed by atoms with Gasteiger partial charge in [-0.05, 0) is 56.3 Å². The van der Waals surface area contributed by atoms with Gasteiger partial charge in [0.25, 0.3) is 0 Å². The summed E-state index contributed by atoms with van der Waals surface area (Å²) in [5, 5.41) is 3.60. The summed E-state index contributed by atoms with van der Waals surface area (Å²) >= 11 is 0. The maximum Gasteiger partial charge on any atom is 0.120 e. The van der Waals surface area contributed by atoms with Crippen molar-refractivity contribution in [2.24, 2.45) is 5.41 Å². The standard InChI is InChI=1S/C18H31NO/c1-7-19-17(11-12-18(4,5)6)15-9-8-10-16(13-15)20-14(2)3/h8-10,13-14,17,19H,7,11-12H2,1-6H3. The second kappa shape index (κ2) is 7.68. The van der Waals surface area contributed by atoms with E-state index < -0.39 is 0 Å². The van der Waals surface area contributed by atoms with Crippen LogP contribution in [0.1, 0.15) is 66.0 Å². The summed E-state index contributed by atoms with van der Waals surface area (Å²) in [6, 6.07) is 8.92. The fraction of sp³-hybridized carbons (Fsp3) is 0.667. The molecule has 1 atom stereocenters. The number of rotatable bonds is 7. The highest BCUT2D eigenvalue weighted by Crippen LogP contribution is 2.29. The maximum atomic E-state index is 5.80. The lowest BCUT2D eigenvalue weighted by molar-refractivity contribution is 0.242.